The van der Waals surface area contributed by atoms with Gasteiger partial charge in [-0.05, 0) is 70.7 Å². The molecule has 0 aliphatic carbocycles. The lowest BCUT2D eigenvalue weighted by Crippen LogP contribution is -2.22. The second-order valence-corrected chi connectivity index (χ2v) is 9.04. The van der Waals surface area contributed by atoms with E-state index >= 15 is 0 Å². The Morgan fingerprint density at radius 3 is 2.03 bits per heavy atom. The quantitative estimate of drug-likeness (QED) is 0.169. The molecule has 0 fully saturated rings. The molecular weight excluding hydrogens is 505 g/mol. The first-order valence-electron chi connectivity index (χ1n) is 12.6. The van der Waals surface area contributed by atoms with Gasteiger partial charge in [-0.25, -0.2) is 0 Å². The zero-order valence-corrected chi connectivity index (χ0v) is 22.3. The van der Waals surface area contributed by atoms with Gasteiger partial charge in [-0.2, -0.15) is 13.2 Å². The Bertz CT molecular complexity index is 1280. The summed E-state index contributed by atoms with van der Waals surface area (Å²) in [5, 5.41) is 13.0. The van der Waals surface area contributed by atoms with Gasteiger partial charge in [0.05, 0.1) is 5.56 Å². The summed E-state index contributed by atoms with van der Waals surface area (Å²) >= 11 is 0. The van der Waals surface area contributed by atoms with Crippen molar-refractivity contribution in [2.75, 3.05) is 33.8 Å². The first-order chi connectivity index (χ1) is 18.6. The maximum atomic E-state index is 13.1. The lowest BCUT2D eigenvalue weighted by atomic mass is 9.88. The predicted molar refractivity (Wildman–Crippen MR) is 148 cm³/mol. The molecule has 0 saturated heterocycles. The van der Waals surface area contributed by atoms with Gasteiger partial charge in [0.25, 0.3) is 0 Å². The molecule has 8 heteroatoms. The SMILES string of the molecule is CCC(=C(c1ccc(O)cc1)c1ccc(OCCNCC=CC(=O)N(C)C)cc1)c1ccc(C(F)(F)F)cc1. The molecule has 3 aromatic rings. The summed E-state index contributed by atoms with van der Waals surface area (Å²) in [7, 11) is 3.39. The average molecular weight is 539 g/mol. The van der Waals surface area contributed by atoms with Gasteiger partial charge in [0, 0.05) is 33.3 Å². The van der Waals surface area contributed by atoms with Gasteiger partial charge < -0.3 is 20.1 Å². The monoisotopic (exact) mass is 538 g/mol. The Hall–Kier alpha value is -4.04. The summed E-state index contributed by atoms with van der Waals surface area (Å²) in [4.78, 5) is 13.0. The number of halogens is 3. The third kappa shape index (κ3) is 8.48. The van der Waals surface area contributed by atoms with E-state index in [2.05, 4.69) is 5.32 Å². The summed E-state index contributed by atoms with van der Waals surface area (Å²) in [6.07, 6.45) is -0.543. The van der Waals surface area contributed by atoms with Crippen molar-refractivity contribution in [3.05, 3.63) is 107 Å². The highest BCUT2D eigenvalue weighted by Crippen LogP contribution is 2.37. The van der Waals surface area contributed by atoms with Crippen LogP contribution in [0.25, 0.3) is 11.1 Å². The largest absolute Gasteiger partial charge is 0.508 e. The van der Waals surface area contributed by atoms with E-state index in [1.165, 1.54) is 23.1 Å². The first kappa shape index (κ1) is 29.5. The number of carbonyl (C=O) groups excluding carboxylic acids is 1. The predicted octanol–water partition coefficient (Wildman–Crippen LogP) is 6.39. The van der Waals surface area contributed by atoms with Gasteiger partial charge in [-0.1, -0.05) is 49.4 Å². The Balaban J connectivity index is 1.79. The Kier molecular flexibility index (Phi) is 10.3. The second-order valence-electron chi connectivity index (χ2n) is 9.04. The lowest BCUT2D eigenvalue weighted by molar-refractivity contribution is -0.137. The topological polar surface area (TPSA) is 61.8 Å². The highest BCUT2D eigenvalue weighted by Gasteiger charge is 2.30. The van der Waals surface area contributed by atoms with Gasteiger partial charge in [0.1, 0.15) is 18.1 Å². The molecule has 39 heavy (non-hydrogen) atoms. The van der Waals surface area contributed by atoms with E-state index in [9.17, 15) is 23.1 Å². The van der Waals surface area contributed by atoms with Crippen molar-refractivity contribution < 1.29 is 27.8 Å². The van der Waals surface area contributed by atoms with Gasteiger partial charge in [-0.3, -0.25) is 4.79 Å². The molecule has 0 unspecified atom stereocenters. The van der Waals surface area contributed by atoms with Crippen LogP contribution in [0, 0.1) is 0 Å². The molecule has 3 aromatic carbocycles. The van der Waals surface area contributed by atoms with Crippen LogP contribution in [-0.2, 0) is 11.0 Å². The number of carbonyl (C=O) groups is 1. The molecule has 5 nitrogen and oxygen atoms in total. The van der Waals surface area contributed by atoms with Crippen LogP contribution in [-0.4, -0.2) is 49.7 Å². The number of amides is 1. The summed E-state index contributed by atoms with van der Waals surface area (Å²) in [6, 6.07) is 19.5. The van der Waals surface area contributed by atoms with Crippen molar-refractivity contribution in [3.8, 4) is 11.5 Å². The van der Waals surface area contributed by atoms with Crippen molar-refractivity contribution in [3.63, 3.8) is 0 Å². The molecule has 0 aromatic heterocycles. The number of allylic oxidation sites excluding steroid dienone is 1. The molecular formula is C31H33F3N2O3. The van der Waals surface area contributed by atoms with Crippen molar-refractivity contribution in [2.45, 2.75) is 19.5 Å². The van der Waals surface area contributed by atoms with E-state index in [1.807, 2.05) is 31.2 Å². The summed E-state index contributed by atoms with van der Waals surface area (Å²) < 4.78 is 45.2. The maximum Gasteiger partial charge on any atom is 0.416 e. The van der Waals surface area contributed by atoms with Crippen LogP contribution in [0.3, 0.4) is 0 Å². The summed E-state index contributed by atoms with van der Waals surface area (Å²) in [5.74, 6) is 0.734. The number of benzene rings is 3. The minimum Gasteiger partial charge on any atom is -0.508 e. The molecule has 0 spiro atoms. The van der Waals surface area contributed by atoms with Crippen LogP contribution < -0.4 is 10.1 Å². The smallest absolute Gasteiger partial charge is 0.416 e. The molecule has 206 valence electrons. The molecule has 0 aliphatic heterocycles. The van der Waals surface area contributed by atoms with Gasteiger partial charge in [0.15, 0.2) is 0 Å². The van der Waals surface area contributed by atoms with Crippen LogP contribution in [0.15, 0.2) is 84.9 Å². The van der Waals surface area contributed by atoms with Gasteiger partial charge in [0.2, 0.25) is 5.91 Å². The van der Waals surface area contributed by atoms with Crippen LogP contribution in [0.5, 0.6) is 11.5 Å². The van der Waals surface area contributed by atoms with E-state index in [-0.39, 0.29) is 11.7 Å². The number of hydrogen-bond donors (Lipinski definition) is 2. The Morgan fingerprint density at radius 2 is 1.49 bits per heavy atom. The highest BCUT2D eigenvalue weighted by molar-refractivity contribution is 5.98. The first-order valence-corrected chi connectivity index (χ1v) is 12.6. The fraction of sp³-hybridized carbons (Fsp3) is 0.258. The highest BCUT2D eigenvalue weighted by atomic mass is 19.4. The maximum absolute atomic E-state index is 13.1. The minimum absolute atomic E-state index is 0.0709. The van der Waals surface area contributed by atoms with Crippen molar-refractivity contribution in [1.82, 2.24) is 10.2 Å². The third-order valence-corrected chi connectivity index (χ3v) is 6.03. The zero-order valence-electron chi connectivity index (χ0n) is 22.3. The number of phenolic OH excluding ortho intramolecular Hbond substituents is 1. The van der Waals surface area contributed by atoms with Crippen molar-refractivity contribution in [1.29, 1.82) is 0 Å². The number of nitrogens with one attached hydrogen (secondary N) is 1. The number of hydrogen-bond acceptors (Lipinski definition) is 4. The molecule has 0 bridgehead atoms. The molecule has 0 aliphatic rings. The third-order valence-electron chi connectivity index (χ3n) is 6.03. The van der Waals surface area contributed by atoms with Crippen LogP contribution in [0.2, 0.25) is 0 Å². The molecule has 2 N–H and O–H groups in total. The standard InChI is InChI=1S/C31H33F3N2O3/c1-4-28(22-7-13-25(14-8-22)31(32,33)34)30(23-9-15-26(37)16-10-23)24-11-17-27(18-12-24)39-21-20-35-19-5-6-29(38)36(2)3/h5-18,35,37H,4,19-21H2,1-3H3. The molecule has 0 saturated carbocycles. The van der Waals surface area contributed by atoms with E-state index in [1.54, 1.807) is 44.4 Å². The second kappa shape index (κ2) is 13.7. The lowest BCUT2D eigenvalue weighted by Gasteiger charge is -2.17. The number of aromatic hydroxyl groups is 1. The number of likely N-dealkylation sites (N-methyl/N-ethyl adjacent to an activating group) is 1. The van der Waals surface area contributed by atoms with Gasteiger partial charge in [-0.15, -0.1) is 0 Å². The number of alkyl halides is 3. The summed E-state index contributed by atoms with van der Waals surface area (Å²) in [5.41, 5.74) is 3.46. The van der Waals surface area contributed by atoms with E-state index < -0.39 is 11.7 Å². The fourth-order valence-corrected chi connectivity index (χ4v) is 3.98. The van der Waals surface area contributed by atoms with Crippen molar-refractivity contribution in [2.24, 2.45) is 0 Å². The number of nitrogens with zero attached hydrogens (tertiary/aromatic N) is 1. The van der Waals surface area contributed by atoms with Crippen LogP contribution >= 0.6 is 0 Å². The van der Waals surface area contributed by atoms with E-state index in [4.69, 9.17) is 4.74 Å². The van der Waals surface area contributed by atoms with Gasteiger partial charge >= 0.3 is 6.18 Å². The molecule has 0 heterocycles. The van der Waals surface area contributed by atoms with E-state index in [0.29, 0.717) is 37.4 Å². The normalized spacial score (nSPS) is 12.4. The molecule has 0 radical (unpaired) electrons. The average Bonchev–Trinajstić information content (AvgIpc) is 2.91. The molecule has 0 atom stereocenters. The van der Waals surface area contributed by atoms with E-state index in [0.717, 1.165) is 34.4 Å². The number of ether oxygens (including phenoxy) is 1. The number of phenols is 1. The van der Waals surface area contributed by atoms with Crippen molar-refractivity contribution >= 4 is 17.1 Å². The Labute approximate surface area is 227 Å². The van der Waals surface area contributed by atoms with Crippen LogP contribution in [0.1, 0.15) is 35.6 Å². The zero-order chi connectivity index (χ0) is 28.4. The Morgan fingerprint density at radius 1 is 0.923 bits per heavy atom. The minimum atomic E-state index is -4.40. The molecule has 3 rings (SSSR count). The number of rotatable bonds is 11. The fourth-order valence-electron chi connectivity index (χ4n) is 3.98. The molecule has 1 amide bonds. The van der Waals surface area contributed by atoms with Crippen LogP contribution in [0.4, 0.5) is 13.2 Å². The summed E-state index contributed by atoms with van der Waals surface area (Å²) in [6.45, 7) is 3.53.